The summed E-state index contributed by atoms with van der Waals surface area (Å²) in [7, 11) is 1.54. The molecular weight excluding hydrogens is 529 g/mol. The first-order chi connectivity index (χ1) is 15.9. The van der Waals surface area contributed by atoms with Gasteiger partial charge >= 0.3 is 0 Å². The highest BCUT2D eigenvalue weighted by Crippen LogP contribution is 2.32. The Morgan fingerprint density at radius 3 is 2.73 bits per heavy atom. The number of rotatable bonds is 4. The van der Waals surface area contributed by atoms with Crippen molar-refractivity contribution >= 4 is 67.2 Å². The summed E-state index contributed by atoms with van der Waals surface area (Å²) in [4.78, 5) is 18.1. The Morgan fingerprint density at radius 1 is 1.09 bits per heavy atom. The Labute approximate surface area is 206 Å². The number of hydrogen-bond acceptors (Lipinski definition) is 5. The van der Waals surface area contributed by atoms with Crippen molar-refractivity contribution in [3.63, 3.8) is 0 Å². The minimum Gasteiger partial charge on any atom is -0.495 e. The number of furan rings is 1. The lowest BCUT2D eigenvalue weighted by Gasteiger charge is -2.09. The van der Waals surface area contributed by atoms with E-state index in [1.165, 1.54) is 10.9 Å². The van der Waals surface area contributed by atoms with Crippen molar-refractivity contribution in [3.05, 3.63) is 91.1 Å². The molecule has 0 saturated heterocycles. The van der Waals surface area contributed by atoms with Gasteiger partial charge in [0.25, 0.3) is 5.56 Å². The molecule has 2 heterocycles. The van der Waals surface area contributed by atoms with E-state index in [1.54, 1.807) is 61.7 Å². The first-order valence-electron chi connectivity index (χ1n) is 9.73. The fourth-order valence-electron chi connectivity index (χ4n) is 3.53. The minimum absolute atomic E-state index is 0.252. The van der Waals surface area contributed by atoms with Crippen LogP contribution in [0.1, 0.15) is 5.56 Å². The Bertz CT molecular complexity index is 1630. The highest BCUT2D eigenvalue weighted by Gasteiger charge is 2.17. The van der Waals surface area contributed by atoms with E-state index in [-0.39, 0.29) is 11.4 Å². The van der Waals surface area contributed by atoms with Crippen LogP contribution in [0.4, 0.5) is 0 Å². The monoisotopic (exact) mass is 541 g/mol. The molecule has 5 rings (SSSR count). The average Bonchev–Trinajstić information content (AvgIpc) is 3.21. The predicted molar refractivity (Wildman–Crippen MR) is 135 cm³/mol. The average molecular weight is 543 g/mol. The molecule has 0 atom stereocenters. The number of methoxy groups -OCH3 is 1. The molecule has 9 heteroatoms. The molecule has 0 aliphatic carbocycles. The first kappa shape index (κ1) is 21.7. The van der Waals surface area contributed by atoms with Gasteiger partial charge in [-0.2, -0.15) is 9.78 Å². The van der Waals surface area contributed by atoms with E-state index < -0.39 is 0 Å². The zero-order chi connectivity index (χ0) is 23.1. The predicted octanol–water partition coefficient (Wildman–Crippen LogP) is 6.77. The molecule has 0 fully saturated rings. The smallest absolute Gasteiger partial charge is 0.282 e. The van der Waals surface area contributed by atoms with Crippen molar-refractivity contribution in [2.24, 2.45) is 5.10 Å². The summed E-state index contributed by atoms with van der Waals surface area (Å²) in [6, 6.07) is 17.5. The van der Waals surface area contributed by atoms with Gasteiger partial charge in [0.1, 0.15) is 11.3 Å². The second-order valence-corrected chi connectivity index (χ2v) is 8.84. The molecule has 6 nitrogen and oxygen atoms in total. The molecule has 0 unspecified atom stereocenters. The molecule has 164 valence electrons. The van der Waals surface area contributed by atoms with Crippen LogP contribution in [-0.2, 0) is 0 Å². The SMILES string of the molecule is COc1c(Br)cc(Cl)cc1C=Nn1c(-c2cc3cc(Cl)ccc3o2)nc2ccccc2c1=O. The topological polar surface area (TPSA) is 69.6 Å². The normalized spacial score (nSPS) is 11.6. The van der Waals surface area contributed by atoms with Gasteiger partial charge in [0.05, 0.1) is 28.7 Å². The molecule has 2 aromatic heterocycles. The number of aromatic nitrogens is 2. The van der Waals surface area contributed by atoms with Crippen molar-refractivity contribution in [2.75, 3.05) is 7.11 Å². The Morgan fingerprint density at radius 2 is 1.91 bits per heavy atom. The van der Waals surface area contributed by atoms with Gasteiger partial charge in [0.15, 0.2) is 5.76 Å². The number of fused-ring (bicyclic) bond motifs is 2. The maximum atomic E-state index is 13.4. The fraction of sp³-hybridized carbons (Fsp3) is 0.0417. The Balaban J connectivity index is 1.75. The Kier molecular flexibility index (Phi) is 5.70. The number of nitrogens with zero attached hydrogens (tertiary/aromatic N) is 3. The number of halogens is 3. The van der Waals surface area contributed by atoms with Gasteiger partial charge < -0.3 is 9.15 Å². The van der Waals surface area contributed by atoms with Crippen molar-refractivity contribution in [1.29, 1.82) is 0 Å². The second kappa shape index (κ2) is 8.67. The van der Waals surface area contributed by atoms with Crippen LogP contribution in [0.15, 0.2) is 79.4 Å². The minimum atomic E-state index is -0.342. The third kappa shape index (κ3) is 4.04. The number of benzene rings is 3. The van der Waals surface area contributed by atoms with E-state index in [2.05, 4.69) is 26.0 Å². The number of hydrogen-bond donors (Lipinski definition) is 0. The van der Waals surface area contributed by atoms with Crippen LogP contribution in [0, 0.1) is 0 Å². The van der Waals surface area contributed by atoms with Crippen molar-refractivity contribution in [3.8, 4) is 17.3 Å². The van der Waals surface area contributed by atoms with Crippen LogP contribution in [0.3, 0.4) is 0 Å². The van der Waals surface area contributed by atoms with Gasteiger partial charge in [-0.3, -0.25) is 4.79 Å². The van der Waals surface area contributed by atoms with Gasteiger partial charge in [0.2, 0.25) is 5.82 Å². The number of para-hydroxylation sites is 1. The molecule has 0 spiro atoms. The molecular formula is C24H14BrCl2N3O3. The van der Waals surface area contributed by atoms with Gasteiger partial charge in [-0.05, 0) is 64.5 Å². The summed E-state index contributed by atoms with van der Waals surface area (Å²) < 4.78 is 13.3. The number of ether oxygens (including phenoxy) is 1. The zero-order valence-corrected chi connectivity index (χ0v) is 20.1. The van der Waals surface area contributed by atoms with Crippen molar-refractivity contribution in [2.45, 2.75) is 0 Å². The van der Waals surface area contributed by atoms with E-state index in [1.807, 2.05) is 6.07 Å². The molecule has 0 aliphatic heterocycles. The molecule has 33 heavy (non-hydrogen) atoms. The summed E-state index contributed by atoms with van der Waals surface area (Å²) in [6.07, 6.45) is 1.50. The second-order valence-electron chi connectivity index (χ2n) is 7.12. The summed E-state index contributed by atoms with van der Waals surface area (Å²) in [5.74, 6) is 1.17. The highest BCUT2D eigenvalue weighted by molar-refractivity contribution is 9.10. The molecule has 0 bridgehead atoms. The van der Waals surface area contributed by atoms with Crippen LogP contribution >= 0.6 is 39.1 Å². The van der Waals surface area contributed by atoms with E-state index in [0.717, 1.165) is 5.39 Å². The van der Waals surface area contributed by atoms with Gasteiger partial charge in [-0.1, -0.05) is 35.3 Å². The summed E-state index contributed by atoms with van der Waals surface area (Å²) >= 11 is 15.7. The third-order valence-electron chi connectivity index (χ3n) is 5.01. The largest absolute Gasteiger partial charge is 0.495 e. The molecule has 3 aromatic carbocycles. The summed E-state index contributed by atoms with van der Waals surface area (Å²) in [5.41, 5.74) is 1.39. The zero-order valence-electron chi connectivity index (χ0n) is 17.1. The standard InChI is InChI=1S/C24H14BrCl2N3O3/c1-32-22-14(9-16(27)11-18(22)25)12-28-30-23(29-19-5-3-2-4-17(19)24(30)31)21-10-13-8-15(26)6-7-20(13)33-21/h2-12H,1H3. The van der Waals surface area contributed by atoms with E-state index in [9.17, 15) is 4.79 Å². The molecule has 5 aromatic rings. The molecule has 0 amide bonds. The highest BCUT2D eigenvalue weighted by atomic mass is 79.9. The molecule has 0 N–H and O–H groups in total. The molecule has 0 saturated carbocycles. The summed E-state index contributed by atoms with van der Waals surface area (Å²) in [5, 5.41) is 6.74. The van der Waals surface area contributed by atoms with Crippen molar-refractivity contribution < 1.29 is 9.15 Å². The van der Waals surface area contributed by atoms with Crippen molar-refractivity contribution in [1.82, 2.24) is 9.66 Å². The van der Waals surface area contributed by atoms with E-state index in [0.29, 0.717) is 48.1 Å². The van der Waals surface area contributed by atoms with Crippen LogP contribution in [-0.4, -0.2) is 23.0 Å². The lowest BCUT2D eigenvalue weighted by atomic mass is 10.2. The first-order valence-corrected chi connectivity index (χ1v) is 11.3. The maximum absolute atomic E-state index is 13.4. The molecule has 0 radical (unpaired) electrons. The van der Waals surface area contributed by atoms with Gasteiger partial charge in [-0.15, -0.1) is 0 Å². The molecule has 0 aliphatic rings. The van der Waals surface area contributed by atoms with Crippen LogP contribution in [0.5, 0.6) is 5.75 Å². The van der Waals surface area contributed by atoms with E-state index >= 15 is 0 Å². The van der Waals surface area contributed by atoms with Gasteiger partial charge in [0, 0.05) is 21.0 Å². The lowest BCUT2D eigenvalue weighted by Crippen LogP contribution is -2.20. The Hall–Kier alpha value is -3.13. The van der Waals surface area contributed by atoms with E-state index in [4.69, 9.17) is 32.4 Å². The maximum Gasteiger partial charge on any atom is 0.282 e. The van der Waals surface area contributed by atoms with Gasteiger partial charge in [-0.25, -0.2) is 4.98 Å². The lowest BCUT2D eigenvalue weighted by molar-refractivity contribution is 0.411. The quantitative estimate of drug-likeness (QED) is 0.235. The van der Waals surface area contributed by atoms with Crippen LogP contribution < -0.4 is 10.3 Å². The fourth-order valence-corrected chi connectivity index (χ4v) is 4.70. The third-order valence-corrected chi connectivity index (χ3v) is 6.05. The summed E-state index contributed by atoms with van der Waals surface area (Å²) in [6.45, 7) is 0. The van der Waals surface area contributed by atoms with Crippen LogP contribution in [0.25, 0.3) is 33.5 Å². The van der Waals surface area contributed by atoms with Crippen LogP contribution in [0.2, 0.25) is 10.0 Å².